The molecule has 2 heterocycles. The lowest BCUT2D eigenvalue weighted by atomic mass is 10.1. The Bertz CT molecular complexity index is 367. The number of rotatable bonds is 4. The van der Waals surface area contributed by atoms with Gasteiger partial charge in [-0.15, -0.1) is 0 Å². The molecule has 0 aromatic heterocycles. The standard InChI is InChI=1S/C14H25N3O3/c1-11(10-20-3)17-9-12(8-13(17)18)14(19)16-6-4-15(2)5-7-16/h11-12H,4-10H2,1-3H3/p+1/t11-,12-/m0/s1. The second-order valence-electron chi connectivity index (χ2n) is 6.03. The number of methoxy groups -OCH3 is 1. The van der Waals surface area contributed by atoms with E-state index in [9.17, 15) is 9.59 Å². The minimum atomic E-state index is -0.166. The molecule has 0 radical (unpaired) electrons. The molecule has 0 saturated carbocycles. The summed E-state index contributed by atoms with van der Waals surface area (Å²) in [5.41, 5.74) is 0. The van der Waals surface area contributed by atoms with Crippen LogP contribution in [0.3, 0.4) is 0 Å². The van der Waals surface area contributed by atoms with Gasteiger partial charge in [-0.25, -0.2) is 0 Å². The molecule has 2 saturated heterocycles. The Morgan fingerprint density at radius 1 is 1.45 bits per heavy atom. The summed E-state index contributed by atoms with van der Waals surface area (Å²) in [5.74, 6) is 0.0610. The third-order valence-electron chi connectivity index (χ3n) is 4.38. The average molecular weight is 284 g/mol. The molecule has 2 atom stereocenters. The number of quaternary nitrogens is 1. The minimum absolute atomic E-state index is 0.0437. The molecule has 2 rings (SSSR count). The van der Waals surface area contributed by atoms with Gasteiger partial charge in [-0.1, -0.05) is 0 Å². The number of piperazine rings is 1. The second-order valence-corrected chi connectivity index (χ2v) is 6.03. The molecular weight excluding hydrogens is 258 g/mol. The number of hydrogen-bond donors (Lipinski definition) is 1. The van der Waals surface area contributed by atoms with Crippen LogP contribution in [0.15, 0.2) is 0 Å². The Morgan fingerprint density at radius 3 is 2.70 bits per heavy atom. The van der Waals surface area contributed by atoms with E-state index in [-0.39, 0.29) is 23.8 Å². The van der Waals surface area contributed by atoms with Crippen molar-refractivity contribution in [1.82, 2.24) is 9.80 Å². The average Bonchev–Trinajstić information content (AvgIpc) is 2.81. The zero-order valence-corrected chi connectivity index (χ0v) is 12.7. The minimum Gasteiger partial charge on any atom is -0.383 e. The highest BCUT2D eigenvalue weighted by atomic mass is 16.5. The number of likely N-dealkylation sites (N-methyl/N-ethyl adjacent to an activating group) is 1. The van der Waals surface area contributed by atoms with Crippen LogP contribution in [0, 0.1) is 5.92 Å². The first-order chi connectivity index (χ1) is 9.52. The first-order valence-electron chi connectivity index (χ1n) is 7.41. The van der Waals surface area contributed by atoms with Gasteiger partial charge in [0.2, 0.25) is 11.8 Å². The lowest BCUT2D eigenvalue weighted by molar-refractivity contribution is -0.883. The van der Waals surface area contributed by atoms with Crippen LogP contribution in [0.1, 0.15) is 13.3 Å². The van der Waals surface area contributed by atoms with Crippen LogP contribution in [0.5, 0.6) is 0 Å². The van der Waals surface area contributed by atoms with Gasteiger partial charge in [-0.2, -0.15) is 0 Å². The summed E-state index contributed by atoms with van der Waals surface area (Å²) >= 11 is 0. The Kier molecular flexibility index (Phi) is 4.99. The quantitative estimate of drug-likeness (QED) is 0.664. The Morgan fingerprint density at radius 2 is 2.10 bits per heavy atom. The monoisotopic (exact) mass is 284 g/mol. The summed E-state index contributed by atoms with van der Waals surface area (Å²) in [5, 5.41) is 0. The van der Waals surface area contributed by atoms with Crippen LogP contribution >= 0.6 is 0 Å². The van der Waals surface area contributed by atoms with Gasteiger partial charge in [0.15, 0.2) is 0 Å². The molecule has 6 nitrogen and oxygen atoms in total. The van der Waals surface area contributed by atoms with Crippen molar-refractivity contribution in [2.45, 2.75) is 19.4 Å². The number of ether oxygens (including phenoxy) is 1. The van der Waals surface area contributed by atoms with E-state index in [0.29, 0.717) is 19.6 Å². The van der Waals surface area contributed by atoms with Gasteiger partial charge in [0.05, 0.1) is 51.8 Å². The predicted octanol–water partition coefficient (Wildman–Crippen LogP) is -1.77. The zero-order valence-electron chi connectivity index (χ0n) is 12.7. The van der Waals surface area contributed by atoms with Crippen molar-refractivity contribution in [3.63, 3.8) is 0 Å². The third-order valence-corrected chi connectivity index (χ3v) is 4.38. The van der Waals surface area contributed by atoms with Crippen molar-refractivity contribution in [2.24, 2.45) is 5.92 Å². The van der Waals surface area contributed by atoms with E-state index in [1.165, 1.54) is 4.90 Å². The lowest BCUT2D eigenvalue weighted by Crippen LogP contribution is -3.12. The smallest absolute Gasteiger partial charge is 0.228 e. The number of hydrogen-bond acceptors (Lipinski definition) is 3. The highest BCUT2D eigenvalue weighted by Crippen LogP contribution is 2.22. The molecule has 0 aromatic rings. The lowest BCUT2D eigenvalue weighted by Gasteiger charge is -2.32. The summed E-state index contributed by atoms with van der Waals surface area (Å²) < 4.78 is 5.10. The first-order valence-corrected chi connectivity index (χ1v) is 7.41. The fraction of sp³-hybridized carbons (Fsp3) is 0.857. The molecule has 114 valence electrons. The highest BCUT2D eigenvalue weighted by Gasteiger charge is 2.39. The third kappa shape index (κ3) is 3.30. The van der Waals surface area contributed by atoms with Crippen LogP contribution in [0.25, 0.3) is 0 Å². The fourth-order valence-corrected chi connectivity index (χ4v) is 3.02. The van der Waals surface area contributed by atoms with E-state index in [0.717, 1.165) is 26.2 Å². The van der Waals surface area contributed by atoms with Crippen molar-refractivity contribution < 1.29 is 19.2 Å². The Balaban J connectivity index is 1.91. The summed E-state index contributed by atoms with van der Waals surface area (Å²) in [6.45, 7) is 6.64. The number of carbonyl (C=O) groups excluding carboxylic acids is 2. The molecule has 20 heavy (non-hydrogen) atoms. The first kappa shape index (κ1) is 15.3. The predicted molar refractivity (Wildman–Crippen MR) is 74.4 cm³/mol. The van der Waals surface area contributed by atoms with E-state index < -0.39 is 0 Å². The SMILES string of the molecule is COC[C@H](C)N1C[C@@H](C(=O)N2CC[NH+](C)CC2)CC1=O. The largest absolute Gasteiger partial charge is 0.383 e. The summed E-state index contributed by atoms with van der Waals surface area (Å²) in [6.07, 6.45) is 0.353. The topological polar surface area (TPSA) is 54.3 Å². The number of carbonyl (C=O) groups is 2. The van der Waals surface area contributed by atoms with Crippen molar-refractivity contribution >= 4 is 11.8 Å². The van der Waals surface area contributed by atoms with E-state index in [1.54, 1.807) is 12.0 Å². The molecule has 0 aliphatic carbocycles. The van der Waals surface area contributed by atoms with Crippen molar-refractivity contribution in [1.29, 1.82) is 0 Å². The molecule has 0 aromatic carbocycles. The van der Waals surface area contributed by atoms with E-state index in [4.69, 9.17) is 4.74 Å². The summed E-state index contributed by atoms with van der Waals surface area (Å²) in [4.78, 5) is 29.7. The number of nitrogens with zero attached hydrogens (tertiary/aromatic N) is 2. The maximum absolute atomic E-state index is 12.5. The van der Waals surface area contributed by atoms with Crippen molar-refractivity contribution in [2.75, 3.05) is 53.5 Å². The summed E-state index contributed by atoms with van der Waals surface area (Å²) in [7, 11) is 3.78. The maximum Gasteiger partial charge on any atom is 0.228 e. The number of likely N-dealkylation sites (tertiary alicyclic amines) is 1. The molecule has 0 spiro atoms. The normalized spacial score (nSPS) is 26.1. The van der Waals surface area contributed by atoms with Crippen LogP contribution in [-0.4, -0.2) is 81.1 Å². The molecule has 6 heteroatoms. The van der Waals surface area contributed by atoms with Crippen molar-refractivity contribution in [3.8, 4) is 0 Å². The van der Waals surface area contributed by atoms with Gasteiger partial charge in [0.1, 0.15) is 0 Å². The number of amides is 2. The molecule has 2 fully saturated rings. The number of nitrogens with one attached hydrogen (secondary N) is 1. The highest BCUT2D eigenvalue weighted by molar-refractivity contribution is 5.89. The molecule has 2 aliphatic heterocycles. The van der Waals surface area contributed by atoms with Crippen LogP contribution in [0.2, 0.25) is 0 Å². The molecule has 2 amide bonds. The second kappa shape index (κ2) is 6.54. The zero-order chi connectivity index (χ0) is 14.7. The van der Waals surface area contributed by atoms with E-state index >= 15 is 0 Å². The van der Waals surface area contributed by atoms with Crippen LogP contribution in [-0.2, 0) is 14.3 Å². The van der Waals surface area contributed by atoms with E-state index in [2.05, 4.69) is 7.05 Å². The van der Waals surface area contributed by atoms with Gasteiger partial charge >= 0.3 is 0 Å². The molecule has 0 bridgehead atoms. The Labute approximate surface area is 120 Å². The van der Waals surface area contributed by atoms with Gasteiger partial charge in [-0.05, 0) is 6.92 Å². The van der Waals surface area contributed by atoms with Gasteiger partial charge in [0, 0.05) is 20.1 Å². The maximum atomic E-state index is 12.5. The molecule has 0 unspecified atom stereocenters. The van der Waals surface area contributed by atoms with Gasteiger partial charge in [-0.3, -0.25) is 9.59 Å². The molecule has 1 N–H and O–H groups in total. The molecule has 2 aliphatic rings. The van der Waals surface area contributed by atoms with E-state index in [1.807, 2.05) is 11.8 Å². The van der Waals surface area contributed by atoms with Crippen LogP contribution in [0.4, 0.5) is 0 Å². The van der Waals surface area contributed by atoms with Gasteiger partial charge < -0.3 is 19.4 Å². The van der Waals surface area contributed by atoms with Crippen LogP contribution < -0.4 is 4.90 Å². The fourth-order valence-electron chi connectivity index (χ4n) is 3.02. The van der Waals surface area contributed by atoms with Gasteiger partial charge in [0.25, 0.3) is 0 Å². The summed E-state index contributed by atoms with van der Waals surface area (Å²) in [6, 6.07) is 0.0437. The Hall–Kier alpha value is -1.14. The molecular formula is C14H26N3O3+. The van der Waals surface area contributed by atoms with Crippen molar-refractivity contribution in [3.05, 3.63) is 0 Å².